The van der Waals surface area contributed by atoms with Crippen LogP contribution in [0.1, 0.15) is 22.6 Å². The Morgan fingerprint density at radius 1 is 1.38 bits per heavy atom. The Balaban J connectivity index is 2.07. The molecule has 1 atom stereocenters. The maximum atomic E-state index is 11.8. The Labute approximate surface area is 140 Å². The lowest BCUT2D eigenvalue weighted by atomic mass is 10.1. The SMILES string of the molecule is COC(=O)c1ccc2nc(C)n(C3=CCC(S(C)(=O)=O)C=C3)c2c1. The average molecular weight is 346 g/mol. The summed E-state index contributed by atoms with van der Waals surface area (Å²) in [4.78, 5) is 16.3. The molecule has 0 spiro atoms. The quantitative estimate of drug-likeness (QED) is 0.797. The molecule has 1 heterocycles. The Bertz CT molecular complexity index is 983. The minimum absolute atomic E-state index is 0.410. The predicted octanol–water partition coefficient (Wildman–Crippen LogP) is 2.35. The molecule has 0 amide bonds. The van der Waals surface area contributed by atoms with Crippen LogP contribution < -0.4 is 0 Å². The van der Waals surface area contributed by atoms with Gasteiger partial charge < -0.3 is 4.74 Å². The number of aromatic nitrogens is 2. The lowest BCUT2D eigenvalue weighted by molar-refractivity contribution is 0.0601. The van der Waals surface area contributed by atoms with Crippen LogP contribution in [-0.2, 0) is 14.6 Å². The van der Waals surface area contributed by atoms with Gasteiger partial charge in [-0.25, -0.2) is 18.2 Å². The summed E-state index contributed by atoms with van der Waals surface area (Å²) in [5.74, 6) is 0.355. The van der Waals surface area contributed by atoms with Gasteiger partial charge in [0.1, 0.15) is 5.82 Å². The van der Waals surface area contributed by atoms with Gasteiger partial charge in [-0.1, -0.05) is 12.2 Å². The number of hydrogen-bond donors (Lipinski definition) is 0. The number of fused-ring (bicyclic) bond motifs is 1. The number of aryl methyl sites for hydroxylation is 1. The number of hydrogen-bond acceptors (Lipinski definition) is 5. The van der Waals surface area contributed by atoms with Gasteiger partial charge in [0.05, 0.1) is 29.0 Å². The van der Waals surface area contributed by atoms with Gasteiger partial charge >= 0.3 is 5.97 Å². The lowest BCUT2D eigenvalue weighted by Gasteiger charge is -2.16. The van der Waals surface area contributed by atoms with Crippen molar-refractivity contribution in [3.05, 3.63) is 47.8 Å². The van der Waals surface area contributed by atoms with Crippen molar-refractivity contribution in [1.82, 2.24) is 9.55 Å². The third-order valence-corrected chi connectivity index (χ3v) is 5.54. The molecule has 0 N–H and O–H groups in total. The van der Waals surface area contributed by atoms with Crippen molar-refractivity contribution in [2.75, 3.05) is 13.4 Å². The van der Waals surface area contributed by atoms with Crippen LogP contribution >= 0.6 is 0 Å². The normalized spacial score (nSPS) is 17.8. The third-order valence-electron chi connectivity index (χ3n) is 4.09. The number of rotatable bonds is 3. The van der Waals surface area contributed by atoms with E-state index in [1.807, 2.05) is 17.6 Å². The third kappa shape index (κ3) is 2.87. The molecule has 126 valence electrons. The lowest BCUT2D eigenvalue weighted by Crippen LogP contribution is -2.19. The monoisotopic (exact) mass is 346 g/mol. The Morgan fingerprint density at radius 3 is 2.71 bits per heavy atom. The fourth-order valence-corrected chi connectivity index (χ4v) is 3.65. The molecule has 0 bridgehead atoms. The number of nitrogens with zero attached hydrogens (tertiary/aromatic N) is 2. The zero-order valence-corrected chi connectivity index (χ0v) is 14.5. The molecule has 1 unspecified atom stereocenters. The molecule has 6 nitrogen and oxygen atoms in total. The van der Waals surface area contributed by atoms with Crippen molar-refractivity contribution < 1.29 is 17.9 Å². The van der Waals surface area contributed by atoms with Crippen molar-refractivity contribution >= 4 is 32.5 Å². The van der Waals surface area contributed by atoms with Gasteiger partial charge in [0, 0.05) is 12.0 Å². The van der Waals surface area contributed by atoms with Gasteiger partial charge in [0.15, 0.2) is 9.84 Å². The molecule has 0 fully saturated rings. The fourth-order valence-electron chi connectivity index (χ4n) is 2.84. The minimum Gasteiger partial charge on any atom is -0.465 e. The molecule has 0 radical (unpaired) electrons. The highest BCUT2D eigenvalue weighted by molar-refractivity contribution is 7.91. The molecule has 0 aliphatic heterocycles. The van der Waals surface area contributed by atoms with Gasteiger partial charge in [-0.2, -0.15) is 0 Å². The van der Waals surface area contributed by atoms with E-state index in [1.165, 1.54) is 13.4 Å². The van der Waals surface area contributed by atoms with Crippen molar-refractivity contribution in [2.45, 2.75) is 18.6 Å². The van der Waals surface area contributed by atoms with Gasteiger partial charge in [0.2, 0.25) is 0 Å². The molecule has 0 saturated heterocycles. The number of benzene rings is 1. The summed E-state index contributed by atoms with van der Waals surface area (Å²) in [5.41, 5.74) is 2.83. The van der Waals surface area contributed by atoms with Crippen LogP contribution in [0.3, 0.4) is 0 Å². The van der Waals surface area contributed by atoms with E-state index in [4.69, 9.17) is 4.74 Å². The molecule has 2 aromatic rings. The molecule has 1 aromatic heterocycles. The maximum absolute atomic E-state index is 11.8. The summed E-state index contributed by atoms with van der Waals surface area (Å²) < 4.78 is 30.0. The number of allylic oxidation sites excluding steroid dienone is 3. The van der Waals surface area contributed by atoms with E-state index in [9.17, 15) is 13.2 Å². The smallest absolute Gasteiger partial charge is 0.337 e. The van der Waals surface area contributed by atoms with Crippen LogP contribution in [-0.4, -0.2) is 42.6 Å². The number of ether oxygens (including phenoxy) is 1. The zero-order valence-electron chi connectivity index (χ0n) is 13.7. The van der Waals surface area contributed by atoms with Gasteiger partial charge in [-0.05, 0) is 37.6 Å². The van der Waals surface area contributed by atoms with Crippen molar-refractivity contribution in [3.63, 3.8) is 0 Å². The van der Waals surface area contributed by atoms with Crippen LogP contribution in [0, 0.1) is 6.92 Å². The predicted molar refractivity (Wildman–Crippen MR) is 92.5 cm³/mol. The topological polar surface area (TPSA) is 78.3 Å². The van der Waals surface area contributed by atoms with E-state index in [2.05, 4.69) is 4.98 Å². The summed E-state index contributed by atoms with van der Waals surface area (Å²) in [5, 5.41) is -0.498. The summed E-state index contributed by atoms with van der Waals surface area (Å²) in [6.07, 6.45) is 7.01. The number of carbonyl (C=O) groups is 1. The van der Waals surface area contributed by atoms with E-state index >= 15 is 0 Å². The largest absolute Gasteiger partial charge is 0.465 e. The zero-order chi connectivity index (χ0) is 17.5. The van der Waals surface area contributed by atoms with Gasteiger partial charge in [-0.3, -0.25) is 4.57 Å². The van der Waals surface area contributed by atoms with Crippen LogP contribution in [0.4, 0.5) is 0 Å². The number of esters is 1. The highest BCUT2D eigenvalue weighted by atomic mass is 32.2. The number of methoxy groups -OCH3 is 1. The molecule has 1 aromatic carbocycles. The van der Waals surface area contributed by atoms with Gasteiger partial charge in [0.25, 0.3) is 0 Å². The van der Waals surface area contributed by atoms with Crippen LogP contribution in [0.2, 0.25) is 0 Å². The first-order valence-corrected chi connectivity index (χ1v) is 9.41. The van der Waals surface area contributed by atoms with Crippen LogP contribution in [0.15, 0.2) is 36.4 Å². The molecule has 7 heteroatoms. The number of carbonyl (C=O) groups excluding carboxylic acids is 1. The van der Waals surface area contributed by atoms with Crippen molar-refractivity contribution in [2.24, 2.45) is 0 Å². The summed E-state index contributed by atoms with van der Waals surface area (Å²) in [7, 11) is -1.77. The average Bonchev–Trinajstić information content (AvgIpc) is 2.88. The van der Waals surface area contributed by atoms with E-state index < -0.39 is 21.1 Å². The van der Waals surface area contributed by atoms with Crippen LogP contribution in [0.5, 0.6) is 0 Å². The summed E-state index contributed by atoms with van der Waals surface area (Å²) >= 11 is 0. The number of imidazole rings is 1. The molecule has 3 rings (SSSR count). The maximum Gasteiger partial charge on any atom is 0.337 e. The second-order valence-corrected chi connectivity index (χ2v) is 8.05. The van der Waals surface area contributed by atoms with Crippen molar-refractivity contribution in [1.29, 1.82) is 0 Å². The van der Waals surface area contributed by atoms with E-state index in [1.54, 1.807) is 30.4 Å². The van der Waals surface area contributed by atoms with E-state index in [0.29, 0.717) is 12.0 Å². The highest BCUT2D eigenvalue weighted by Crippen LogP contribution is 2.26. The second-order valence-electron chi connectivity index (χ2n) is 5.78. The van der Waals surface area contributed by atoms with E-state index in [-0.39, 0.29) is 0 Å². The first kappa shape index (κ1) is 16.4. The summed E-state index contributed by atoms with van der Waals surface area (Å²) in [6, 6.07) is 5.19. The highest BCUT2D eigenvalue weighted by Gasteiger charge is 2.21. The van der Waals surface area contributed by atoms with Gasteiger partial charge in [-0.15, -0.1) is 0 Å². The first-order chi connectivity index (χ1) is 11.3. The van der Waals surface area contributed by atoms with Crippen LogP contribution in [0.25, 0.3) is 16.7 Å². The van der Waals surface area contributed by atoms with E-state index in [0.717, 1.165) is 22.6 Å². The molecule has 24 heavy (non-hydrogen) atoms. The summed E-state index contributed by atoms with van der Waals surface area (Å²) in [6.45, 7) is 1.87. The number of sulfone groups is 1. The van der Waals surface area contributed by atoms with Crippen molar-refractivity contribution in [3.8, 4) is 0 Å². The Hall–Kier alpha value is -2.41. The second kappa shape index (κ2) is 5.90. The standard InChI is InChI=1S/C17H18N2O4S/c1-11-18-15-9-4-12(17(20)23-2)10-16(15)19(11)13-5-7-14(8-6-13)24(3,21)22/h4-7,9-10,14H,8H2,1-3H3. The molecular formula is C17H18N2O4S. The first-order valence-electron chi connectivity index (χ1n) is 7.46. The minimum atomic E-state index is -3.11. The fraction of sp³-hybridized carbons (Fsp3) is 0.294. The molecule has 0 saturated carbocycles. The Morgan fingerprint density at radius 2 is 2.12 bits per heavy atom. The Kier molecular flexibility index (Phi) is 4.04. The molecule has 1 aliphatic rings. The molecular weight excluding hydrogens is 328 g/mol. The molecule has 1 aliphatic carbocycles.